The molecule has 0 spiro atoms. The Balaban J connectivity index is 1.58. The summed E-state index contributed by atoms with van der Waals surface area (Å²) in [6, 6.07) is 12.2. The molecule has 1 heterocycles. The lowest BCUT2D eigenvalue weighted by Crippen LogP contribution is -2.15. The van der Waals surface area contributed by atoms with Crippen LogP contribution in [0.1, 0.15) is 18.9 Å². The van der Waals surface area contributed by atoms with Gasteiger partial charge in [0.15, 0.2) is 17.1 Å². The molecule has 0 bridgehead atoms. The number of benzene rings is 2. The Labute approximate surface area is 188 Å². The van der Waals surface area contributed by atoms with E-state index in [9.17, 15) is 4.79 Å². The molecule has 10 heteroatoms. The average molecular weight is 467 g/mol. The number of hydrogen-bond donors (Lipinski definition) is 1. The molecule has 0 aliphatic rings. The molecule has 0 saturated carbocycles. The van der Waals surface area contributed by atoms with E-state index in [-0.39, 0.29) is 17.8 Å². The van der Waals surface area contributed by atoms with Crippen LogP contribution in [0, 0.1) is 0 Å². The lowest BCUT2D eigenvalue weighted by atomic mass is 10.3. The fraction of sp³-hybridized carbons (Fsp3) is 0.250. The van der Waals surface area contributed by atoms with Gasteiger partial charge in [-0.15, -0.1) is 10.2 Å². The first-order valence-electron chi connectivity index (χ1n) is 8.95. The van der Waals surface area contributed by atoms with Gasteiger partial charge in [-0.3, -0.25) is 4.79 Å². The third kappa shape index (κ3) is 5.59. The van der Waals surface area contributed by atoms with Crippen LogP contribution in [0.25, 0.3) is 0 Å². The highest BCUT2D eigenvalue weighted by Gasteiger charge is 2.18. The molecule has 1 N–H and O–H groups in total. The number of halogens is 2. The summed E-state index contributed by atoms with van der Waals surface area (Å²) in [5.74, 6) is 2.04. The highest BCUT2D eigenvalue weighted by molar-refractivity contribution is 7.99. The molecule has 0 aliphatic carbocycles. The fourth-order valence-corrected chi connectivity index (χ4v) is 3.80. The summed E-state index contributed by atoms with van der Waals surface area (Å²) in [6.07, 6.45) is -0.327. The quantitative estimate of drug-likeness (QED) is 0.470. The van der Waals surface area contributed by atoms with E-state index in [1.807, 2.05) is 38.2 Å². The second-order valence-corrected chi connectivity index (χ2v) is 8.08. The van der Waals surface area contributed by atoms with Crippen molar-refractivity contribution in [2.75, 3.05) is 18.2 Å². The topological polar surface area (TPSA) is 78.3 Å². The third-order valence-corrected chi connectivity index (χ3v) is 5.71. The number of rotatable bonds is 8. The van der Waals surface area contributed by atoms with Crippen molar-refractivity contribution in [1.82, 2.24) is 14.8 Å². The Kier molecular flexibility index (Phi) is 7.47. The smallest absolute Gasteiger partial charge is 0.234 e. The molecule has 1 atom stereocenters. The Hall–Kier alpha value is -2.42. The maximum atomic E-state index is 12.3. The average Bonchev–Trinajstić information content (AvgIpc) is 3.09. The number of thioether (sulfide) groups is 1. The highest BCUT2D eigenvalue weighted by Crippen LogP contribution is 2.27. The second kappa shape index (κ2) is 10.1. The zero-order chi connectivity index (χ0) is 21.7. The van der Waals surface area contributed by atoms with Gasteiger partial charge in [-0.1, -0.05) is 35.0 Å². The van der Waals surface area contributed by atoms with Crippen LogP contribution in [0.3, 0.4) is 0 Å². The summed E-state index contributed by atoms with van der Waals surface area (Å²) in [6.45, 7) is 1.89. The summed E-state index contributed by atoms with van der Waals surface area (Å²) in [7, 11) is 3.45. The van der Waals surface area contributed by atoms with E-state index in [1.165, 1.54) is 11.8 Å². The standard InChI is InChI=1S/C20H20Cl2N4O3S/c1-12(29-15-7-5-14(28-3)6-8-15)19-24-25-20(26(19)2)30-11-18(27)23-17-9-4-13(21)10-16(17)22/h4-10,12H,11H2,1-3H3,(H,23,27). The van der Waals surface area contributed by atoms with Crippen molar-refractivity contribution < 1.29 is 14.3 Å². The fourth-order valence-electron chi connectivity index (χ4n) is 2.62. The summed E-state index contributed by atoms with van der Waals surface area (Å²) in [4.78, 5) is 12.3. The minimum atomic E-state index is -0.327. The second-order valence-electron chi connectivity index (χ2n) is 6.30. The molecule has 0 fully saturated rings. The van der Waals surface area contributed by atoms with E-state index >= 15 is 0 Å². The van der Waals surface area contributed by atoms with Crippen molar-refractivity contribution in [3.63, 3.8) is 0 Å². The molecule has 30 heavy (non-hydrogen) atoms. The summed E-state index contributed by atoms with van der Waals surface area (Å²) in [5, 5.41) is 12.6. The molecule has 0 radical (unpaired) electrons. The number of methoxy groups -OCH3 is 1. The Morgan fingerprint density at radius 3 is 2.53 bits per heavy atom. The number of carbonyl (C=O) groups excluding carboxylic acids is 1. The van der Waals surface area contributed by atoms with Gasteiger partial charge in [-0.25, -0.2) is 0 Å². The van der Waals surface area contributed by atoms with E-state index in [0.717, 1.165) is 5.75 Å². The predicted molar refractivity (Wildman–Crippen MR) is 119 cm³/mol. The molecule has 3 aromatic rings. The molecule has 1 unspecified atom stereocenters. The van der Waals surface area contributed by atoms with Gasteiger partial charge in [0.2, 0.25) is 5.91 Å². The van der Waals surface area contributed by atoms with E-state index in [0.29, 0.717) is 32.5 Å². The maximum absolute atomic E-state index is 12.3. The molecule has 158 valence electrons. The molecule has 7 nitrogen and oxygen atoms in total. The van der Waals surface area contributed by atoms with Gasteiger partial charge in [0.1, 0.15) is 11.5 Å². The number of aromatic nitrogens is 3. The van der Waals surface area contributed by atoms with E-state index in [4.69, 9.17) is 32.7 Å². The molecular weight excluding hydrogens is 447 g/mol. The lowest BCUT2D eigenvalue weighted by molar-refractivity contribution is -0.113. The minimum absolute atomic E-state index is 0.151. The SMILES string of the molecule is COc1ccc(OC(C)c2nnc(SCC(=O)Nc3ccc(Cl)cc3Cl)n2C)cc1. The Morgan fingerprint density at radius 2 is 1.87 bits per heavy atom. The van der Waals surface area contributed by atoms with Gasteiger partial charge in [-0.05, 0) is 49.4 Å². The van der Waals surface area contributed by atoms with Crippen molar-refractivity contribution in [3.8, 4) is 11.5 Å². The number of amides is 1. The van der Waals surface area contributed by atoms with Gasteiger partial charge in [0.05, 0.1) is 23.6 Å². The van der Waals surface area contributed by atoms with Crippen LogP contribution in [0.4, 0.5) is 5.69 Å². The van der Waals surface area contributed by atoms with Crippen LogP contribution in [0.2, 0.25) is 10.0 Å². The molecule has 2 aromatic carbocycles. The largest absolute Gasteiger partial charge is 0.497 e. The van der Waals surface area contributed by atoms with Crippen molar-refractivity contribution in [3.05, 3.63) is 58.3 Å². The van der Waals surface area contributed by atoms with Crippen LogP contribution in [0.15, 0.2) is 47.6 Å². The van der Waals surface area contributed by atoms with Crippen molar-refractivity contribution in [2.24, 2.45) is 7.05 Å². The zero-order valence-electron chi connectivity index (χ0n) is 16.6. The first-order valence-corrected chi connectivity index (χ1v) is 10.7. The van der Waals surface area contributed by atoms with Crippen LogP contribution in [-0.4, -0.2) is 33.5 Å². The van der Waals surface area contributed by atoms with Crippen molar-refractivity contribution >= 4 is 46.6 Å². The first kappa shape index (κ1) is 22.3. The molecule has 1 aromatic heterocycles. The number of nitrogens with zero attached hydrogens (tertiary/aromatic N) is 3. The van der Waals surface area contributed by atoms with E-state index < -0.39 is 0 Å². The highest BCUT2D eigenvalue weighted by atomic mass is 35.5. The monoisotopic (exact) mass is 466 g/mol. The van der Waals surface area contributed by atoms with Crippen LogP contribution >= 0.6 is 35.0 Å². The van der Waals surface area contributed by atoms with Crippen LogP contribution in [0.5, 0.6) is 11.5 Å². The molecular formula is C20H20Cl2N4O3S. The zero-order valence-corrected chi connectivity index (χ0v) is 18.9. The van der Waals surface area contributed by atoms with Gasteiger partial charge in [0, 0.05) is 12.1 Å². The molecule has 1 amide bonds. The van der Waals surface area contributed by atoms with E-state index in [2.05, 4.69) is 15.5 Å². The molecule has 0 saturated heterocycles. The van der Waals surface area contributed by atoms with Crippen LogP contribution < -0.4 is 14.8 Å². The summed E-state index contributed by atoms with van der Waals surface area (Å²) in [5.41, 5.74) is 0.506. The predicted octanol–water partition coefficient (Wildman–Crippen LogP) is 5.00. The number of carbonyl (C=O) groups is 1. The number of hydrogen-bond acceptors (Lipinski definition) is 6. The van der Waals surface area contributed by atoms with Gasteiger partial charge < -0.3 is 19.4 Å². The normalized spacial score (nSPS) is 11.8. The summed E-state index contributed by atoms with van der Waals surface area (Å²) >= 11 is 13.2. The van der Waals surface area contributed by atoms with E-state index in [1.54, 1.807) is 29.9 Å². The third-order valence-electron chi connectivity index (χ3n) is 4.14. The van der Waals surface area contributed by atoms with Gasteiger partial charge >= 0.3 is 0 Å². The van der Waals surface area contributed by atoms with Crippen molar-refractivity contribution in [2.45, 2.75) is 18.2 Å². The summed E-state index contributed by atoms with van der Waals surface area (Å²) < 4.78 is 12.9. The lowest BCUT2D eigenvalue weighted by Gasteiger charge is -2.14. The first-order chi connectivity index (χ1) is 14.4. The maximum Gasteiger partial charge on any atom is 0.234 e. The van der Waals surface area contributed by atoms with Gasteiger partial charge in [-0.2, -0.15) is 0 Å². The number of nitrogens with one attached hydrogen (secondary N) is 1. The Morgan fingerprint density at radius 1 is 1.17 bits per heavy atom. The number of anilines is 1. The minimum Gasteiger partial charge on any atom is -0.497 e. The molecule has 3 rings (SSSR count). The Bertz CT molecular complexity index is 1030. The van der Waals surface area contributed by atoms with Crippen LogP contribution in [-0.2, 0) is 11.8 Å². The van der Waals surface area contributed by atoms with Crippen molar-refractivity contribution in [1.29, 1.82) is 0 Å². The number of ether oxygens (including phenoxy) is 2. The van der Waals surface area contributed by atoms with Gasteiger partial charge in [0.25, 0.3) is 0 Å². The molecule has 0 aliphatic heterocycles.